The first-order valence-corrected chi connectivity index (χ1v) is 12.2. The minimum absolute atomic E-state index is 0.0195. The number of morpholine rings is 1. The normalized spacial score (nSPS) is 19.9. The average Bonchev–Trinajstić information content (AvgIpc) is 2.73. The Kier molecular flexibility index (Phi) is 8.06. The predicted molar refractivity (Wildman–Crippen MR) is 113 cm³/mol. The van der Waals surface area contributed by atoms with Gasteiger partial charge < -0.3 is 10.1 Å². The van der Waals surface area contributed by atoms with Gasteiger partial charge in [-0.25, -0.2) is 12.7 Å². The van der Waals surface area contributed by atoms with E-state index in [2.05, 4.69) is 10.2 Å². The van der Waals surface area contributed by atoms with Crippen molar-refractivity contribution in [1.29, 1.82) is 0 Å². The van der Waals surface area contributed by atoms with E-state index in [1.165, 1.54) is 4.31 Å². The van der Waals surface area contributed by atoms with Crippen LogP contribution >= 0.6 is 0 Å². The van der Waals surface area contributed by atoms with Gasteiger partial charge in [-0.2, -0.15) is 0 Å². The van der Waals surface area contributed by atoms with Crippen LogP contribution in [-0.4, -0.2) is 76.0 Å². The zero-order chi connectivity index (χ0) is 20.7. The van der Waals surface area contributed by atoms with Crippen LogP contribution in [0, 0.1) is 12.8 Å². The van der Waals surface area contributed by atoms with Gasteiger partial charge in [0.2, 0.25) is 15.9 Å². The lowest BCUT2D eigenvalue weighted by molar-refractivity contribution is -0.126. The van der Waals surface area contributed by atoms with Crippen LogP contribution in [0.2, 0.25) is 0 Å². The van der Waals surface area contributed by atoms with E-state index in [1.54, 1.807) is 0 Å². The number of carbonyl (C=O) groups is 1. The molecule has 8 heteroatoms. The van der Waals surface area contributed by atoms with Crippen molar-refractivity contribution < 1.29 is 17.9 Å². The van der Waals surface area contributed by atoms with Gasteiger partial charge in [0, 0.05) is 38.6 Å². The molecule has 162 valence electrons. The van der Waals surface area contributed by atoms with Crippen LogP contribution in [0.3, 0.4) is 0 Å². The van der Waals surface area contributed by atoms with Crippen LogP contribution in [0.15, 0.2) is 24.3 Å². The standard InChI is InChI=1S/C21H33N3O4S/c1-18-3-5-19(6-4-18)17-29(26,27)24-11-7-20(8-12-24)21(25)22-9-2-10-23-13-15-28-16-14-23/h3-6,20H,2,7-17H2,1H3,(H,22,25). The molecule has 0 spiro atoms. The van der Waals surface area contributed by atoms with Gasteiger partial charge in [-0.1, -0.05) is 29.8 Å². The summed E-state index contributed by atoms with van der Waals surface area (Å²) in [6, 6.07) is 7.59. The Morgan fingerprint density at radius 1 is 1.10 bits per heavy atom. The van der Waals surface area contributed by atoms with Crippen LogP contribution in [0.25, 0.3) is 0 Å². The fraction of sp³-hybridized carbons (Fsp3) is 0.667. The first-order chi connectivity index (χ1) is 13.9. The number of carbonyl (C=O) groups excluding carboxylic acids is 1. The summed E-state index contributed by atoms with van der Waals surface area (Å²) in [7, 11) is -3.35. The Hall–Kier alpha value is -1.48. The van der Waals surface area contributed by atoms with Crippen molar-refractivity contribution in [1.82, 2.24) is 14.5 Å². The Bertz CT molecular complexity index is 753. The van der Waals surface area contributed by atoms with Crippen LogP contribution in [-0.2, 0) is 25.3 Å². The number of piperidine rings is 1. The number of hydrogen-bond acceptors (Lipinski definition) is 5. The minimum Gasteiger partial charge on any atom is -0.379 e. The quantitative estimate of drug-likeness (QED) is 0.639. The highest BCUT2D eigenvalue weighted by Crippen LogP contribution is 2.22. The molecule has 2 aliphatic heterocycles. The molecule has 2 fully saturated rings. The Morgan fingerprint density at radius 2 is 1.76 bits per heavy atom. The Morgan fingerprint density at radius 3 is 2.41 bits per heavy atom. The molecule has 0 radical (unpaired) electrons. The van der Waals surface area contributed by atoms with Gasteiger partial charge in [0.1, 0.15) is 0 Å². The summed E-state index contributed by atoms with van der Waals surface area (Å²) in [5.41, 5.74) is 1.92. The molecule has 0 aromatic heterocycles. The lowest BCUT2D eigenvalue weighted by Crippen LogP contribution is -2.44. The zero-order valence-corrected chi connectivity index (χ0v) is 18.1. The molecule has 1 aromatic rings. The minimum atomic E-state index is -3.35. The monoisotopic (exact) mass is 423 g/mol. The summed E-state index contributed by atoms with van der Waals surface area (Å²) in [6.45, 7) is 7.96. The van der Waals surface area contributed by atoms with E-state index < -0.39 is 10.0 Å². The Balaban J connectivity index is 1.37. The fourth-order valence-electron chi connectivity index (χ4n) is 3.87. The number of benzene rings is 1. The molecule has 2 heterocycles. The molecule has 0 atom stereocenters. The highest BCUT2D eigenvalue weighted by atomic mass is 32.2. The summed E-state index contributed by atoms with van der Waals surface area (Å²) < 4.78 is 32.3. The molecule has 1 amide bonds. The zero-order valence-electron chi connectivity index (χ0n) is 17.3. The molecular formula is C21H33N3O4S. The Labute approximate surface area is 174 Å². The van der Waals surface area contributed by atoms with E-state index in [0.29, 0.717) is 32.5 Å². The third kappa shape index (κ3) is 6.77. The van der Waals surface area contributed by atoms with E-state index in [1.807, 2.05) is 31.2 Å². The van der Waals surface area contributed by atoms with E-state index in [4.69, 9.17) is 4.74 Å². The van der Waals surface area contributed by atoms with E-state index in [0.717, 1.165) is 50.4 Å². The second-order valence-electron chi connectivity index (χ2n) is 8.01. The average molecular weight is 424 g/mol. The number of rotatable bonds is 8. The SMILES string of the molecule is Cc1ccc(CS(=O)(=O)N2CCC(C(=O)NCCCN3CCOCC3)CC2)cc1. The number of nitrogens with one attached hydrogen (secondary N) is 1. The highest BCUT2D eigenvalue weighted by molar-refractivity contribution is 7.88. The number of ether oxygens (including phenoxy) is 1. The number of nitrogens with zero attached hydrogens (tertiary/aromatic N) is 2. The third-order valence-electron chi connectivity index (χ3n) is 5.74. The van der Waals surface area contributed by atoms with Gasteiger partial charge in [-0.15, -0.1) is 0 Å². The maximum atomic E-state index is 12.7. The summed E-state index contributed by atoms with van der Waals surface area (Å²) >= 11 is 0. The fourth-order valence-corrected chi connectivity index (χ4v) is 5.43. The van der Waals surface area contributed by atoms with Crippen LogP contribution in [0.1, 0.15) is 30.4 Å². The number of hydrogen-bond donors (Lipinski definition) is 1. The number of aryl methyl sites for hydroxylation is 1. The molecule has 0 aliphatic carbocycles. The molecule has 29 heavy (non-hydrogen) atoms. The van der Waals surface area contributed by atoms with Crippen molar-refractivity contribution in [2.75, 3.05) is 52.5 Å². The van der Waals surface area contributed by atoms with E-state index in [9.17, 15) is 13.2 Å². The van der Waals surface area contributed by atoms with Gasteiger partial charge in [0.25, 0.3) is 0 Å². The topological polar surface area (TPSA) is 79.0 Å². The second-order valence-corrected chi connectivity index (χ2v) is 9.98. The van der Waals surface area contributed by atoms with Crippen molar-refractivity contribution in [2.24, 2.45) is 5.92 Å². The largest absolute Gasteiger partial charge is 0.379 e. The summed E-state index contributed by atoms with van der Waals surface area (Å²) in [4.78, 5) is 14.8. The van der Waals surface area contributed by atoms with Crippen LogP contribution in [0.5, 0.6) is 0 Å². The van der Waals surface area contributed by atoms with E-state index >= 15 is 0 Å². The molecule has 0 bridgehead atoms. The van der Waals surface area contributed by atoms with Crippen molar-refractivity contribution in [3.8, 4) is 0 Å². The van der Waals surface area contributed by atoms with Gasteiger partial charge in [0.15, 0.2) is 0 Å². The van der Waals surface area contributed by atoms with Crippen molar-refractivity contribution in [2.45, 2.75) is 31.9 Å². The van der Waals surface area contributed by atoms with Crippen molar-refractivity contribution >= 4 is 15.9 Å². The van der Waals surface area contributed by atoms with E-state index in [-0.39, 0.29) is 17.6 Å². The first kappa shape index (κ1) is 22.2. The van der Waals surface area contributed by atoms with Crippen molar-refractivity contribution in [3.63, 3.8) is 0 Å². The number of sulfonamides is 1. The van der Waals surface area contributed by atoms with Crippen molar-refractivity contribution in [3.05, 3.63) is 35.4 Å². The van der Waals surface area contributed by atoms with Gasteiger partial charge in [-0.05, 0) is 38.3 Å². The summed E-state index contributed by atoms with van der Waals surface area (Å²) in [5.74, 6) is -0.0159. The molecule has 2 aliphatic rings. The van der Waals surface area contributed by atoms with Gasteiger partial charge in [0.05, 0.1) is 19.0 Å². The molecule has 7 nitrogen and oxygen atoms in total. The number of amides is 1. The maximum absolute atomic E-state index is 12.7. The molecular weight excluding hydrogens is 390 g/mol. The molecule has 0 saturated carbocycles. The smallest absolute Gasteiger partial charge is 0.223 e. The van der Waals surface area contributed by atoms with Gasteiger partial charge >= 0.3 is 0 Å². The molecule has 3 rings (SSSR count). The first-order valence-electron chi connectivity index (χ1n) is 10.6. The molecule has 1 N–H and O–H groups in total. The van der Waals surface area contributed by atoms with Gasteiger partial charge in [-0.3, -0.25) is 9.69 Å². The molecule has 0 unspecified atom stereocenters. The molecule has 1 aromatic carbocycles. The van der Waals surface area contributed by atoms with Crippen LogP contribution < -0.4 is 5.32 Å². The maximum Gasteiger partial charge on any atom is 0.223 e. The lowest BCUT2D eigenvalue weighted by atomic mass is 9.97. The third-order valence-corrected chi connectivity index (χ3v) is 7.59. The second kappa shape index (κ2) is 10.5. The highest BCUT2D eigenvalue weighted by Gasteiger charge is 2.31. The lowest BCUT2D eigenvalue weighted by Gasteiger charge is -2.30. The van der Waals surface area contributed by atoms with Crippen LogP contribution in [0.4, 0.5) is 0 Å². The molecule has 2 saturated heterocycles. The summed E-state index contributed by atoms with van der Waals surface area (Å²) in [5, 5.41) is 3.03. The summed E-state index contributed by atoms with van der Waals surface area (Å²) in [6.07, 6.45) is 2.10. The predicted octanol–water partition coefficient (Wildman–Crippen LogP) is 1.38.